The molecular weight excluding hydrogens is 400 g/mol. The number of amides is 1. The van der Waals surface area contributed by atoms with Crippen LogP contribution in [0.25, 0.3) is 10.9 Å². The summed E-state index contributed by atoms with van der Waals surface area (Å²) in [5.74, 6) is 0.633. The number of para-hydroxylation sites is 1. The minimum atomic E-state index is 0.186. The molecule has 1 aromatic heterocycles. The number of halogens is 1. The van der Waals surface area contributed by atoms with Crippen molar-refractivity contribution in [3.63, 3.8) is 0 Å². The molecule has 5 rings (SSSR count). The third kappa shape index (κ3) is 3.64. The molecule has 1 amide bonds. The van der Waals surface area contributed by atoms with E-state index >= 15 is 0 Å². The van der Waals surface area contributed by atoms with Gasteiger partial charge in [0.1, 0.15) is 0 Å². The lowest BCUT2D eigenvalue weighted by molar-refractivity contribution is -0.116. The highest BCUT2D eigenvalue weighted by Crippen LogP contribution is 2.37. The number of hydrogen-bond acceptors (Lipinski definition) is 3. The average Bonchev–Trinajstić information content (AvgIpc) is 2.76. The fourth-order valence-corrected chi connectivity index (χ4v) is 5.84. The van der Waals surface area contributed by atoms with Crippen LogP contribution in [0.5, 0.6) is 0 Å². The van der Waals surface area contributed by atoms with Crippen molar-refractivity contribution >= 4 is 45.9 Å². The lowest BCUT2D eigenvalue weighted by Gasteiger charge is -2.29. The SMILES string of the molecule is O=C(CSc1c2c(nc3cc(Cl)ccc13)CCCC2)N1CCCc2ccccc21. The average molecular weight is 423 g/mol. The number of aromatic nitrogens is 1. The van der Waals surface area contributed by atoms with Gasteiger partial charge in [-0.25, -0.2) is 0 Å². The molecule has 2 aromatic carbocycles. The van der Waals surface area contributed by atoms with Crippen molar-refractivity contribution in [3.05, 3.63) is 64.3 Å². The summed E-state index contributed by atoms with van der Waals surface area (Å²) in [7, 11) is 0. The second kappa shape index (κ2) is 8.00. The molecule has 0 bridgehead atoms. The largest absolute Gasteiger partial charge is 0.311 e. The van der Waals surface area contributed by atoms with E-state index < -0.39 is 0 Å². The van der Waals surface area contributed by atoms with Gasteiger partial charge in [-0.2, -0.15) is 0 Å². The Hall–Kier alpha value is -2.04. The highest BCUT2D eigenvalue weighted by molar-refractivity contribution is 8.00. The number of aryl methyl sites for hydroxylation is 2. The van der Waals surface area contributed by atoms with Crippen LogP contribution < -0.4 is 4.90 Å². The Morgan fingerprint density at radius 1 is 1.07 bits per heavy atom. The Kier molecular flexibility index (Phi) is 5.23. The van der Waals surface area contributed by atoms with Crippen LogP contribution in [0.1, 0.15) is 36.1 Å². The van der Waals surface area contributed by atoms with Gasteiger partial charge in [0.15, 0.2) is 0 Å². The predicted octanol–water partition coefficient (Wildman–Crippen LogP) is 5.84. The van der Waals surface area contributed by atoms with Crippen LogP contribution in [-0.2, 0) is 24.1 Å². The maximum absolute atomic E-state index is 13.2. The summed E-state index contributed by atoms with van der Waals surface area (Å²) in [5, 5.41) is 1.82. The van der Waals surface area contributed by atoms with Gasteiger partial charge >= 0.3 is 0 Å². The van der Waals surface area contributed by atoms with Gasteiger partial charge in [0.2, 0.25) is 5.91 Å². The molecule has 0 N–H and O–H groups in total. The van der Waals surface area contributed by atoms with Crippen molar-refractivity contribution in [1.82, 2.24) is 4.98 Å². The number of thioether (sulfide) groups is 1. The Balaban J connectivity index is 1.46. The highest BCUT2D eigenvalue weighted by atomic mass is 35.5. The van der Waals surface area contributed by atoms with Crippen LogP contribution in [-0.4, -0.2) is 23.2 Å². The molecule has 0 fully saturated rings. The monoisotopic (exact) mass is 422 g/mol. The smallest absolute Gasteiger partial charge is 0.237 e. The number of carbonyl (C=O) groups excluding carboxylic acids is 1. The molecule has 0 spiro atoms. The highest BCUT2D eigenvalue weighted by Gasteiger charge is 2.24. The first kappa shape index (κ1) is 19.0. The number of anilines is 1. The van der Waals surface area contributed by atoms with E-state index in [0.717, 1.165) is 48.8 Å². The quantitative estimate of drug-likeness (QED) is 0.497. The third-order valence-corrected chi connectivity index (χ3v) is 7.31. The lowest BCUT2D eigenvalue weighted by atomic mass is 9.94. The topological polar surface area (TPSA) is 33.2 Å². The number of carbonyl (C=O) groups is 1. The van der Waals surface area contributed by atoms with Crippen LogP contribution in [0.3, 0.4) is 0 Å². The molecule has 0 saturated heterocycles. The van der Waals surface area contributed by atoms with E-state index in [1.165, 1.54) is 34.6 Å². The van der Waals surface area contributed by atoms with Gasteiger partial charge in [0.25, 0.3) is 0 Å². The molecule has 0 saturated carbocycles. The lowest BCUT2D eigenvalue weighted by Crippen LogP contribution is -2.36. The van der Waals surface area contributed by atoms with Crippen molar-refractivity contribution in [3.8, 4) is 0 Å². The van der Waals surface area contributed by atoms with E-state index in [1.807, 2.05) is 23.1 Å². The number of rotatable bonds is 3. The summed E-state index contributed by atoms with van der Waals surface area (Å²) in [6.45, 7) is 0.807. The Bertz CT molecular complexity index is 1100. The van der Waals surface area contributed by atoms with Gasteiger partial charge in [0, 0.05) is 33.2 Å². The fraction of sp³-hybridized carbons (Fsp3) is 0.333. The maximum Gasteiger partial charge on any atom is 0.237 e. The van der Waals surface area contributed by atoms with Crippen molar-refractivity contribution in [2.75, 3.05) is 17.2 Å². The number of nitrogens with zero attached hydrogens (tertiary/aromatic N) is 2. The molecule has 3 aromatic rings. The summed E-state index contributed by atoms with van der Waals surface area (Å²) < 4.78 is 0. The zero-order valence-corrected chi connectivity index (χ0v) is 17.9. The first-order chi connectivity index (χ1) is 14.2. The van der Waals surface area contributed by atoms with Gasteiger partial charge < -0.3 is 4.90 Å². The van der Waals surface area contributed by atoms with E-state index in [0.29, 0.717) is 10.8 Å². The summed E-state index contributed by atoms with van der Waals surface area (Å²) in [6.07, 6.45) is 6.51. The van der Waals surface area contributed by atoms with Crippen molar-refractivity contribution < 1.29 is 4.79 Å². The summed E-state index contributed by atoms with van der Waals surface area (Å²) in [5.41, 5.74) is 5.82. The molecule has 1 aliphatic heterocycles. The molecule has 5 heteroatoms. The van der Waals surface area contributed by atoms with Crippen molar-refractivity contribution in [2.45, 2.75) is 43.4 Å². The van der Waals surface area contributed by atoms with Crippen LogP contribution >= 0.6 is 23.4 Å². The molecule has 0 unspecified atom stereocenters. The molecular formula is C24H23ClN2OS. The zero-order valence-electron chi connectivity index (χ0n) is 16.3. The first-order valence-corrected chi connectivity index (χ1v) is 11.7. The van der Waals surface area contributed by atoms with Gasteiger partial charge in [0.05, 0.1) is 11.3 Å². The Morgan fingerprint density at radius 2 is 1.93 bits per heavy atom. The minimum absolute atomic E-state index is 0.186. The van der Waals surface area contributed by atoms with Crippen LogP contribution in [0.2, 0.25) is 5.02 Å². The van der Waals surface area contributed by atoms with E-state index in [-0.39, 0.29) is 5.91 Å². The zero-order chi connectivity index (χ0) is 19.8. The van der Waals surface area contributed by atoms with Gasteiger partial charge in [-0.3, -0.25) is 9.78 Å². The molecule has 2 aliphatic rings. The van der Waals surface area contributed by atoms with Crippen LogP contribution in [0, 0.1) is 0 Å². The van der Waals surface area contributed by atoms with E-state index in [2.05, 4.69) is 24.3 Å². The summed E-state index contributed by atoms with van der Waals surface area (Å²) in [6, 6.07) is 14.2. The Morgan fingerprint density at radius 3 is 2.86 bits per heavy atom. The number of pyridine rings is 1. The number of fused-ring (bicyclic) bond motifs is 3. The van der Waals surface area contributed by atoms with E-state index in [4.69, 9.17) is 16.6 Å². The molecule has 0 radical (unpaired) electrons. The predicted molar refractivity (Wildman–Crippen MR) is 121 cm³/mol. The van der Waals surface area contributed by atoms with E-state index in [1.54, 1.807) is 11.8 Å². The van der Waals surface area contributed by atoms with Crippen molar-refractivity contribution in [1.29, 1.82) is 0 Å². The first-order valence-electron chi connectivity index (χ1n) is 10.3. The van der Waals surface area contributed by atoms with Gasteiger partial charge in [-0.15, -0.1) is 11.8 Å². The third-order valence-electron chi connectivity index (χ3n) is 5.92. The second-order valence-electron chi connectivity index (χ2n) is 7.80. The standard InChI is InChI=1S/C24H23ClN2OS/c25-17-11-12-19-21(14-17)26-20-9-3-2-8-18(20)24(19)29-15-23(28)27-13-5-7-16-6-1-4-10-22(16)27/h1,4,6,10-12,14H,2-3,5,7-9,13,15H2. The van der Waals surface area contributed by atoms with Gasteiger partial charge in [-0.1, -0.05) is 35.9 Å². The van der Waals surface area contributed by atoms with Crippen LogP contribution in [0.4, 0.5) is 5.69 Å². The summed E-state index contributed by atoms with van der Waals surface area (Å²) in [4.78, 5) is 21.2. The number of benzene rings is 2. The molecule has 29 heavy (non-hydrogen) atoms. The van der Waals surface area contributed by atoms with Crippen molar-refractivity contribution in [2.24, 2.45) is 0 Å². The minimum Gasteiger partial charge on any atom is -0.311 e. The molecule has 3 nitrogen and oxygen atoms in total. The van der Waals surface area contributed by atoms with Crippen LogP contribution in [0.15, 0.2) is 47.4 Å². The normalized spacial score (nSPS) is 15.8. The van der Waals surface area contributed by atoms with E-state index in [9.17, 15) is 4.79 Å². The molecule has 0 atom stereocenters. The molecule has 148 valence electrons. The molecule has 1 aliphatic carbocycles. The van der Waals surface area contributed by atoms with Gasteiger partial charge in [-0.05, 0) is 67.9 Å². The second-order valence-corrected chi connectivity index (χ2v) is 9.22. The number of hydrogen-bond donors (Lipinski definition) is 0. The fourth-order valence-electron chi connectivity index (χ4n) is 4.52. The Labute approximate surface area is 180 Å². The summed E-state index contributed by atoms with van der Waals surface area (Å²) >= 11 is 7.90. The maximum atomic E-state index is 13.2. The molecule has 2 heterocycles.